The molecule has 0 fully saturated rings. The molecule has 0 unspecified atom stereocenters. The van der Waals surface area contributed by atoms with Crippen molar-refractivity contribution in [1.82, 2.24) is 4.57 Å². The Morgan fingerprint density at radius 1 is 1.08 bits per heavy atom. The number of esters is 1. The van der Waals surface area contributed by atoms with Crippen LogP contribution in [0.4, 0.5) is 8.78 Å². The van der Waals surface area contributed by atoms with Crippen molar-refractivity contribution in [2.75, 3.05) is 20.3 Å². The van der Waals surface area contributed by atoms with Gasteiger partial charge in [0.1, 0.15) is 17.4 Å². The molecule has 0 saturated carbocycles. The molecule has 0 aliphatic rings. The Morgan fingerprint density at radius 3 is 2.39 bits per heavy atom. The van der Waals surface area contributed by atoms with Gasteiger partial charge in [-0.05, 0) is 80.9 Å². The molecule has 10 heteroatoms. The number of carbonyl (C=O) groups excluding carboxylic acids is 2. The summed E-state index contributed by atoms with van der Waals surface area (Å²) in [5.41, 5.74) is 2.96. The van der Waals surface area contributed by atoms with E-state index in [0.29, 0.717) is 12.2 Å². The van der Waals surface area contributed by atoms with Gasteiger partial charge < -0.3 is 23.5 Å². The van der Waals surface area contributed by atoms with Gasteiger partial charge in [0.05, 0.1) is 13.7 Å². The monoisotopic (exact) mass is 524 g/mol. The van der Waals surface area contributed by atoms with Gasteiger partial charge >= 0.3 is 12.6 Å². The van der Waals surface area contributed by atoms with Gasteiger partial charge in [-0.1, -0.05) is 0 Å². The summed E-state index contributed by atoms with van der Waals surface area (Å²) in [6.07, 6.45) is 1.40. The minimum atomic E-state index is -3.06. The molecule has 0 bridgehead atoms. The van der Waals surface area contributed by atoms with Gasteiger partial charge in [0.25, 0.3) is 0 Å². The average Bonchev–Trinajstić information content (AvgIpc) is 3.18. The number of hydrogen-bond acceptors (Lipinski definition) is 7. The maximum atomic E-state index is 12.6. The van der Waals surface area contributed by atoms with Crippen LogP contribution in [0.2, 0.25) is 0 Å². The second-order valence-electron chi connectivity index (χ2n) is 8.00. The third-order valence-electron chi connectivity index (χ3n) is 5.55. The van der Waals surface area contributed by atoms with Gasteiger partial charge in [0, 0.05) is 22.6 Å². The molecule has 0 saturated heterocycles. The smallest absolute Gasteiger partial charge is 0.387 e. The van der Waals surface area contributed by atoms with E-state index in [9.17, 15) is 23.6 Å². The van der Waals surface area contributed by atoms with E-state index in [4.69, 9.17) is 14.2 Å². The lowest BCUT2D eigenvalue weighted by Gasteiger charge is -2.11. The average molecular weight is 525 g/mol. The second kappa shape index (κ2) is 12.5. The van der Waals surface area contributed by atoms with E-state index in [-0.39, 0.29) is 22.6 Å². The van der Waals surface area contributed by atoms with Crippen LogP contribution in [0.1, 0.15) is 34.2 Å². The van der Waals surface area contributed by atoms with Gasteiger partial charge in [-0.25, -0.2) is 4.79 Å². The number of carbonyl (C=O) groups is 2. The molecule has 0 aliphatic heterocycles. The molecule has 0 atom stereocenters. The molecule has 0 amide bonds. The first-order valence-corrected chi connectivity index (χ1v) is 11.6. The fourth-order valence-corrected chi connectivity index (χ4v) is 3.81. The zero-order valence-electron chi connectivity index (χ0n) is 21.3. The summed E-state index contributed by atoms with van der Waals surface area (Å²) in [5, 5.41) is 9.56. The third-order valence-corrected chi connectivity index (χ3v) is 5.55. The predicted octanol–water partition coefficient (Wildman–Crippen LogP) is 5.44. The summed E-state index contributed by atoms with van der Waals surface area (Å²) in [6, 6.07) is 14.8. The SMILES string of the molecule is CCOc1ccc(-n2c(C)cc(/C=C(/C#N)C(=O)OCC(=O)c3ccc(OC(F)F)c(OC)c3)c2C)cc1. The standard InChI is InChI=1S/C28H26F2N2O6/c1-5-36-23-9-7-22(8-10-23)32-17(2)12-20(18(32)3)13-21(15-31)27(34)37-16-24(33)19-6-11-25(38-28(29)30)26(14-19)35-4/h6-14,28H,5,16H2,1-4H3/b21-13-. The van der Waals surface area contributed by atoms with E-state index < -0.39 is 25.0 Å². The van der Waals surface area contributed by atoms with Crippen LogP contribution >= 0.6 is 0 Å². The Kier molecular flexibility index (Phi) is 9.22. The molecule has 8 nitrogen and oxygen atoms in total. The number of ketones is 1. The molecule has 3 rings (SSSR count). The molecule has 0 aliphatic carbocycles. The Balaban J connectivity index is 1.74. The molecule has 38 heavy (non-hydrogen) atoms. The summed E-state index contributed by atoms with van der Waals surface area (Å²) in [4.78, 5) is 25.1. The number of benzene rings is 2. The molecule has 3 aromatic rings. The molecule has 198 valence electrons. The van der Waals surface area contributed by atoms with E-state index in [0.717, 1.165) is 28.9 Å². The summed E-state index contributed by atoms with van der Waals surface area (Å²) in [5.74, 6) is -1.17. The van der Waals surface area contributed by atoms with Crippen molar-refractivity contribution in [2.45, 2.75) is 27.4 Å². The van der Waals surface area contributed by atoms with Gasteiger partial charge in [-0.3, -0.25) is 4.79 Å². The van der Waals surface area contributed by atoms with Gasteiger partial charge in [0.15, 0.2) is 23.9 Å². The molecule has 1 aromatic heterocycles. The number of nitriles is 1. The van der Waals surface area contributed by atoms with Crippen LogP contribution in [0, 0.1) is 25.2 Å². The predicted molar refractivity (Wildman–Crippen MR) is 135 cm³/mol. The Labute approximate surface area is 218 Å². The van der Waals surface area contributed by atoms with E-state index in [1.807, 2.05) is 61.7 Å². The van der Waals surface area contributed by atoms with Crippen molar-refractivity contribution in [3.05, 3.63) is 76.6 Å². The van der Waals surface area contributed by atoms with E-state index in [2.05, 4.69) is 4.74 Å². The zero-order chi connectivity index (χ0) is 27.8. The highest BCUT2D eigenvalue weighted by Crippen LogP contribution is 2.30. The highest BCUT2D eigenvalue weighted by atomic mass is 19.3. The highest BCUT2D eigenvalue weighted by molar-refractivity contribution is 6.02. The number of alkyl halides is 2. The number of halogens is 2. The number of Topliss-reactive ketones (excluding diaryl/α,β-unsaturated/α-hetero) is 1. The number of methoxy groups -OCH3 is 1. The number of aryl methyl sites for hydroxylation is 1. The molecular weight excluding hydrogens is 498 g/mol. The van der Waals surface area contributed by atoms with Crippen molar-refractivity contribution < 1.29 is 37.3 Å². The first-order valence-electron chi connectivity index (χ1n) is 11.6. The number of rotatable bonds is 11. The topological polar surface area (TPSA) is 99.8 Å². The largest absolute Gasteiger partial charge is 0.494 e. The van der Waals surface area contributed by atoms with Crippen molar-refractivity contribution in [3.8, 4) is 29.0 Å². The molecule has 0 radical (unpaired) electrons. The minimum Gasteiger partial charge on any atom is -0.494 e. The van der Waals surface area contributed by atoms with Crippen LogP contribution in [0.25, 0.3) is 11.8 Å². The van der Waals surface area contributed by atoms with Crippen LogP contribution in [0.3, 0.4) is 0 Å². The Morgan fingerprint density at radius 2 is 1.79 bits per heavy atom. The van der Waals surface area contributed by atoms with Gasteiger partial charge in [-0.15, -0.1) is 0 Å². The summed E-state index contributed by atoms with van der Waals surface area (Å²) in [6.45, 7) is 2.49. The van der Waals surface area contributed by atoms with Crippen molar-refractivity contribution in [1.29, 1.82) is 5.26 Å². The lowest BCUT2D eigenvalue weighted by molar-refractivity contribution is -0.137. The van der Waals surface area contributed by atoms with Crippen LogP contribution in [-0.4, -0.2) is 43.3 Å². The Bertz CT molecular complexity index is 1390. The number of nitrogens with zero attached hydrogens (tertiary/aromatic N) is 2. The van der Waals surface area contributed by atoms with E-state index in [1.54, 1.807) is 0 Å². The van der Waals surface area contributed by atoms with Crippen LogP contribution in [0.15, 0.2) is 54.1 Å². The van der Waals surface area contributed by atoms with Crippen LogP contribution in [0.5, 0.6) is 17.2 Å². The minimum absolute atomic E-state index is 0.0534. The zero-order valence-corrected chi connectivity index (χ0v) is 21.3. The maximum Gasteiger partial charge on any atom is 0.387 e. The molecule has 0 N–H and O–H groups in total. The fraction of sp³-hybridized carbons (Fsp3) is 0.250. The fourth-order valence-electron chi connectivity index (χ4n) is 3.81. The number of hydrogen-bond donors (Lipinski definition) is 0. The number of ether oxygens (including phenoxy) is 4. The number of aromatic nitrogens is 1. The van der Waals surface area contributed by atoms with Crippen LogP contribution in [-0.2, 0) is 9.53 Å². The summed E-state index contributed by atoms with van der Waals surface area (Å²) >= 11 is 0. The first-order chi connectivity index (χ1) is 18.2. The van der Waals surface area contributed by atoms with E-state index >= 15 is 0 Å². The summed E-state index contributed by atoms with van der Waals surface area (Å²) in [7, 11) is 1.23. The quantitative estimate of drug-likeness (QED) is 0.143. The normalized spacial score (nSPS) is 11.2. The maximum absolute atomic E-state index is 12.6. The van der Waals surface area contributed by atoms with Crippen molar-refractivity contribution >= 4 is 17.8 Å². The molecule has 0 spiro atoms. The molecular formula is C28H26F2N2O6. The lowest BCUT2D eigenvalue weighted by Crippen LogP contribution is -2.15. The van der Waals surface area contributed by atoms with Gasteiger partial charge in [-0.2, -0.15) is 14.0 Å². The van der Waals surface area contributed by atoms with Crippen molar-refractivity contribution in [3.63, 3.8) is 0 Å². The van der Waals surface area contributed by atoms with Gasteiger partial charge in [0.2, 0.25) is 0 Å². The summed E-state index contributed by atoms with van der Waals surface area (Å²) < 4.78 is 46.8. The lowest BCUT2D eigenvalue weighted by atomic mass is 10.1. The highest BCUT2D eigenvalue weighted by Gasteiger charge is 2.18. The van der Waals surface area contributed by atoms with Crippen molar-refractivity contribution in [2.24, 2.45) is 0 Å². The van der Waals surface area contributed by atoms with Crippen LogP contribution < -0.4 is 14.2 Å². The van der Waals surface area contributed by atoms with E-state index in [1.165, 1.54) is 25.3 Å². The first kappa shape index (κ1) is 27.9. The third kappa shape index (κ3) is 6.56. The molecule has 2 aromatic carbocycles. The molecule has 1 heterocycles. The Hall–Kier alpha value is -4.65. The second-order valence-corrected chi connectivity index (χ2v) is 8.00.